The minimum atomic E-state index is -4.52. The van der Waals surface area contributed by atoms with Crippen molar-refractivity contribution in [3.05, 3.63) is 96.6 Å². The topological polar surface area (TPSA) is 38.9 Å². The van der Waals surface area contributed by atoms with E-state index in [1.807, 2.05) is 66.7 Å². The molecule has 0 saturated heterocycles. The zero-order chi connectivity index (χ0) is 22.6. The number of para-hydroxylation sites is 1. The Hall–Kier alpha value is -4.19. The summed E-state index contributed by atoms with van der Waals surface area (Å²) < 4.78 is 47.4. The van der Waals surface area contributed by atoms with Crippen molar-refractivity contribution in [1.29, 1.82) is 0 Å². The summed E-state index contributed by atoms with van der Waals surface area (Å²) in [5.74, 6) is 0.514. The molecule has 0 aliphatic rings. The molecule has 0 saturated carbocycles. The van der Waals surface area contributed by atoms with E-state index in [9.17, 15) is 13.2 Å². The molecule has 0 radical (unpaired) electrons. The van der Waals surface area contributed by atoms with Crippen LogP contribution in [-0.4, -0.2) is 10.2 Å². The summed E-state index contributed by atoms with van der Waals surface area (Å²) in [5, 5.41) is 12.7. The molecule has 2 heterocycles. The molecule has 0 amide bonds. The molecule has 6 aromatic rings. The predicted octanol–water partition coefficient (Wildman–Crippen LogP) is 7.88. The maximum absolute atomic E-state index is 13.8. The van der Waals surface area contributed by atoms with Crippen LogP contribution in [0.2, 0.25) is 0 Å². The fourth-order valence-electron chi connectivity index (χ4n) is 4.26. The van der Waals surface area contributed by atoms with Crippen LogP contribution in [0.25, 0.3) is 55.2 Å². The number of furan rings is 1. The summed E-state index contributed by atoms with van der Waals surface area (Å²) in [5.41, 5.74) is 0.623. The van der Waals surface area contributed by atoms with Crippen LogP contribution in [0.4, 0.5) is 13.2 Å². The van der Waals surface area contributed by atoms with Gasteiger partial charge in [-0.25, -0.2) is 0 Å². The predicted molar refractivity (Wildman–Crippen MR) is 123 cm³/mol. The maximum Gasteiger partial charge on any atom is 0.417 e. The highest BCUT2D eigenvalue weighted by atomic mass is 19.4. The standard InChI is InChI=1S/C27H15F3N2O/c28-27(29,30)22-11-5-4-10-19(22)25-20-13-16-7-1-2-8-17(16)14-21(20)26(32-31-25)24-15-18-9-3-6-12-23(18)33-24/h1-15H. The molecule has 0 bridgehead atoms. The summed E-state index contributed by atoms with van der Waals surface area (Å²) in [6.45, 7) is 0. The van der Waals surface area contributed by atoms with Crippen molar-refractivity contribution < 1.29 is 17.6 Å². The number of hydrogen-bond donors (Lipinski definition) is 0. The lowest BCUT2D eigenvalue weighted by atomic mass is 9.96. The van der Waals surface area contributed by atoms with Gasteiger partial charge in [0.25, 0.3) is 0 Å². The molecule has 0 aliphatic carbocycles. The number of nitrogens with zero attached hydrogens (tertiary/aromatic N) is 2. The second kappa shape index (κ2) is 7.17. The summed E-state index contributed by atoms with van der Waals surface area (Å²) in [6, 6.07) is 26.4. The number of alkyl halides is 3. The quantitative estimate of drug-likeness (QED) is 0.257. The molecule has 6 rings (SSSR count). The van der Waals surface area contributed by atoms with Crippen molar-refractivity contribution in [1.82, 2.24) is 10.2 Å². The molecule has 0 fully saturated rings. The van der Waals surface area contributed by atoms with Crippen LogP contribution < -0.4 is 0 Å². The number of rotatable bonds is 2. The Kier molecular flexibility index (Phi) is 4.23. The van der Waals surface area contributed by atoms with Gasteiger partial charge in [0.05, 0.1) is 5.56 Å². The van der Waals surface area contributed by atoms with Crippen LogP contribution in [0.3, 0.4) is 0 Å². The van der Waals surface area contributed by atoms with Crippen molar-refractivity contribution in [2.24, 2.45) is 0 Å². The van der Waals surface area contributed by atoms with Gasteiger partial charge in [0.15, 0.2) is 5.76 Å². The lowest BCUT2D eigenvalue weighted by molar-refractivity contribution is -0.137. The fourth-order valence-corrected chi connectivity index (χ4v) is 4.26. The summed E-state index contributed by atoms with van der Waals surface area (Å²) in [7, 11) is 0. The van der Waals surface area contributed by atoms with Gasteiger partial charge >= 0.3 is 6.18 Å². The van der Waals surface area contributed by atoms with Crippen molar-refractivity contribution in [3.63, 3.8) is 0 Å². The monoisotopic (exact) mass is 440 g/mol. The van der Waals surface area contributed by atoms with Gasteiger partial charge in [0.1, 0.15) is 17.0 Å². The molecule has 33 heavy (non-hydrogen) atoms. The van der Waals surface area contributed by atoms with Gasteiger partial charge in [-0.15, -0.1) is 10.2 Å². The van der Waals surface area contributed by atoms with Crippen molar-refractivity contribution >= 4 is 32.5 Å². The SMILES string of the molecule is FC(F)(F)c1ccccc1-c1nnc(-c2cc3ccccc3o2)c2cc3ccccc3cc12. The number of fused-ring (bicyclic) bond motifs is 3. The second-order valence-corrected chi connectivity index (χ2v) is 7.83. The van der Waals surface area contributed by atoms with E-state index in [4.69, 9.17) is 4.42 Å². The van der Waals surface area contributed by atoms with E-state index >= 15 is 0 Å². The van der Waals surface area contributed by atoms with E-state index in [1.165, 1.54) is 12.1 Å². The summed E-state index contributed by atoms with van der Waals surface area (Å²) in [4.78, 5) is 0. The first kappa shape index (κ1) is 19.5. The van der Waals surface area contributed by atoms with Crippen LogP contribution in [0.1, 0.15) is 5.56 Å². The lowest BCUT2D eigenvalue weighted by Crippen LogP contribution is -2.08. The van der Waals surface area contributed by atoms with Gasteiger partial charge in [-0.3, -0.25) is 0 Å². The van der Waals surface area contributed by atoms with E-state index in [0.717, 1.165) is 22.2 Å². The first-order chi connectivity index (χ1) is 16.0. The van der Waals surface area contributed by atoms with E-state index in [0.29, 0.717) is 27.8 Å². The third-order valence-electron chi connectivity index (χ3n) is 5.79. The van der Waals surface area contributed by atoms with Gasteiger partial charge < -0.3 is 4.42 Å². The molecule has 6 heteroatoms. The maximum atomic E-state index is 13.8. The molecule has 0 spiro atoms. The molecule has 0 aliphatic heterocycles. The third-order valence-corrected chi connectivity index (χ3v) is 5.79. The Morgan fingerprint density at radius 3 is 1.88 bits per heavy atom. The molecule has 2 aromatic heterocycles. The number of benzene rings is 4. The van der Waals surface area contributed by atoms with Gasteiger partial charge in [-0.2, -0.15) is 13.2 Å². The Balaban J connectivity index is 1.70. The van der Waals surface area contributed by atoms with Gasteiger partial charge in [-0.1, -0.05) is 60.7 Å². The number of aromatic nitrogens is 2. The smallest absolute Gasteiger partial charge is 0.417 e. The Labute approximate surface area is 186 Å². The molecular weight excluding hydrogens is 425 g/mol. The minimum Gasteiger partial charge on any atom is -0.454 e. The highest BCUT2D eigenvalue weighted by Gasteiger charge is 2.34. The summed E-state index contributed by atoms with van der Waals surface area (Å²) in [6.07, 6.45) is -4.52. The van der Waals surface area contributed by atoms with Crippen molar-refractivity contribution in [3.8, 4) is 22.7 Å². The van der Waals surface area contributed by atoms with Crippen LogP contribution in [0, 0.1) is 0 Å². The average Bonchev–Trinajstić information content (AvgIpc) is 3.25. The lowest BCUT2D eigenvalue weighted by Gasteiger charge is -2.15. The number of halogens is 3. The van der Waals surface area contributed by atoms with Crippen LogP contribution in [0.15, 0.2) is 95.4 Å². The molecule has 4 aromatic carbocycles. The second-order valence-electron chi connectivity index (χ2n) is 7.83. The summed E-state index contributed by atoms with van der Waals surface area (Å²) >= 11 is 0. The van der Waals surface area contributed by atoms with E-state index < -0.39 is 11.7 Å². The Morgan fingerprint density at radius 1 is 0.606 bits per heavy atom. The third kappa shape index (κ3) is 3.22. The average molecular weight is 440 g/mol. The normalized spacial score (nSPS) is 12.1. The fraction of sp³-hybridized carbons (Fsp3) is 0.0370. The van der Waals surface area contributed by atoms with Gasteiger partial charge in [0.2, 0.25) is 0 Å². The zero-order valence-corrected chi connectivity index (χ0v) is 17.1. The van der Waals surface area contributed by atoms with E-state index in [-0.39, 0.29) is 11.3 Å². The minimum absolute atomic E-state index is 0.00561. The first-order valence-corrected chi connectivity index (χ1v) is 10.3. The molecule has 0 unspecified atom stereocenters. The first-order valence-electron chi connectivity index (χ1n) is 10.3. The van der Waals surface area contributed by atoms with Gasteiger partial charge in [0, 0.05) is 21.7 Å². The highest BCUT2D eigenvalue weighted by molar-refractivity contribution is 6.08. The molecule has 0 N–H and O–H groups in total. The largest absolute Gasteiger partial charge is 0.454 e. The molecule has 160 valence electrons. The zero-order valence-electron chi connectivity index (χ0n) is 17.1. The molecule has 3 nitrogen and oxygen atoms in total. The van der Waals surface area contributed by atoms with Crippen molar-refractivity contribution in [2.75, 3.05) is 0 Å². The van der Waals surface area contributed by atoms with Crippen molar-refractivity contribution in [2.45, 2.75) is 6.18 Å². The van der Waals surface area contributed by atoms with E-state index in [1.54, 1.807) is 6.07 Å². The van der Waals surface area contributed by atoms with Crippen LogP contribution >= 0.6 is 0 Å². The highest BCUT2D eigenvalue weighted by Crippen LogP contribution is 2.41. The number of hydrogen-bond acceptors (Lipinski definition) is 3. The molecular formula is C27H15F3N2O. The van der Waals surface area contributed by atoms with Crippen LogP contribution in [-0.2, 0) is 6.18 Å². The Morgan fingerprint density at radius 2 is 1.18 bits per heavy atom. The Bertz CT molecular complexity index is 1630. The van der Waals surface area contributed by atoms with Crippen LogP contribution in [0.5, 0.6) is 0 Å². The van der Waals surface area contributed by atoms with E-state index in [2.05, 4.69) is 10.2 Å². The van der Waals surface area contributed by atoms with Gasteiger partial charge in [-0.05, 0) is 41.1 Å². The molecule has 0 atom stereocenters.